The Kier molecular flexibility index (Phi) is 5.82. The summed E-state index contributed by atoms with van der Waals surface area (Å²) in [4.78, 5) is 9.55. The lowest BCUT2D eigenvalue weighted by molar-refractivity contribution is 0.432. The molecule has 0 saturated heterocycles. The molecule has 2 heterocycles. The van der Waals surface area contributed by atoms with Crippen molar-refractivity contribution in [2.24, 2.45) is 11.7 Å². The van der Waals surface area contributed by atoms with E-state index in [1.54, 1.807) is 0 Å². The van der Waals surface area contributed by atoms with Gasteiger partial charge in [-0.2, -0.15) is 0 Å². The Labute approximate surface area is 179 Å². The minimum absolute atomic E-state index is 0.151. The Morgan fingerprint density at radius 1 is 1.13 bits per heavy atom. The summed E-state index contributed by atoms with van der Waals surface area (Å²) in [6.45, 7) is 2.09. The molecule has 30 heavy (non-hydrogen) atoms. The van der Waals surface area contributed by atoms with Crippen molar-refractivity contribution in [1.29, 1.82) is 0 Å². The maximum Gasteiger partial charge on any atom is 0.111 e. The summed E-state index contributed by atoms with van der Waals surface area (Å²) in [7, 11) is 0. The molecule has 0 radical (unpaired) electrons. The van der Waals surface area contributed by atoms with Gasteiger partial charge in [0.25, 0.3) is 0 Å². The molecule has 3 aromatic rings. The van der Waals surface area contributed by atoms with Crippen molar-refractivity contribution < 1.29 is 0 Å². The number of para-hydroxylation sites is 2. The van der Waals surface area contributed by atoms with Crippen molar-refractivity contribution in [2.75, 3.05) is 6.54 Å². The predicted octanol–water partition coefficient (Wildman–Crippen LogP) is 4.16. The number of imidazole rings is 1. The second-order valence-electron chi connectivity index (χ2n) is 9.12. The third kappa shape index (κ3) is 4.42. The van der Waals surface area contributed by atoms with E-state index >= 15 is 0 Å². The van der Waals surface area contributed by atoms with Crippen LogP contribution in [0.4, 0.5) is 0 Å². The SMILES string of the molecule is NC(CCCNC1CCCc2cccnc21)Cc1nc2ccccc2n1CC1CC1. The number of aryl methyl sites for hydroxylation is 1. The summed E-state index contributed by atoms with van der Waals surface area (Å²) in [5, 5.41) is 3.73. The van der Waals surface area contributed by atoms with Crippen LogP contribution in [0.3, 0.4) is 0 Å². The van der Waals surface area contributed by atoms with Crippen LogP contribution in [0, 0.1) is 5.92 Å². The van der Waals surface area contributed by atoms with Crippen molar-refractivity contribution in [3.05, 3.63) is 59.7 Å². The summed E-state index contributed by atoms with van der Waals surface area (Å²) < 4.78 is 2.43. The zero-order chi connectivity index (χ0) is 20.3. The van der Waals surface area contributed by atoms with E-state index in [9.17, 15) is 0 Å². The van der Waals surface area contributed by atoms with Gasteiger partial charge in [0.1, 0.15) is 5.82 Å². The van der Waals surface area contributed by atoms with Crippen LogP contribution in [0.2, 0.25) is 0 Å². The van der Waals surface area contributed by atoms with Gasteiger partial charge in [0.15, 0.2) is 0 Å². The molecule has 2 aliphatic carbocycles. The van der Waals surface area contributed by atoms with Gasteiger partial charge in [0.05, 0.1) is 16.7 Å². The molecule has 1 aromatic carbocycles. The first-order valence-electron chi connectivity index (χ1n) is 11.6. The lowest BCUT2D eigenvalue weighted by Gasteiger charge is -2.25. The minimum Gasteiger partial charge on any atom is -0.328 e. The fourth-order valence-electron chi connectivity index (χ4n) is 4.83. The highest BCUT2D eigenvalue weighted by molar-refractivity contribution is 5.75. The molecule has 158 valence electrons. The molecule has 0 amide bonds. The largest absolute Gasteiger partial charge is 0.328 e. The van der Waals surface area contributed by atoms with Crippen LogP contribution in [0.5, 0.6) is 0 Å². The molecule has 2 aliphatic rings. The van der Waals surface area contributed by atoms with Gasteiger partial charge in [-0.1, -0.05) is 18.2 Å². The zero-order valence-electron chi connectivity index (χ0n) is 17.8. The molecular formula is C25H33N5. The number of nitrogens with two attached hydrogens (primary N) is 1. The number of nitrogens with zero attached hydrogens (tertiary/aromatic N) is 3. The van der Waals surface area contributed by atoms with Gasteiger partial charge < -0.3 is 15.6 Å². The monoisotopic (exact) mass is 403 g/mol. The molecule has 1 saturated carbocycles. The molecular weight excluding hydrogens is 370 g/mol. The van der Waals surface area contributed by atoms with Gasteiger partial charge in [0, 0.05) is 31.2 Å². The average Bonchev–Trinajstić information content (AvgIpc) is 3.53. The molecule has 2 aromatic heterocycles. The van der Waals surface area contributed by atoms with Crippen LogP contribution in [0.15, 0.2) is 42.6 Å². The highest BCUT2D eigenvalue weighted by Gasteiger charge is 2.25. The van der Waals surface area contributed by atoms with E-state index in [4.69, 9.17) is 10.7 Å². The molecule has 5 nitrogen and oxygen atoms in total. The number of fused-ring (bicyclic) bond motifs is 2. The van der Waals surface area contributed by atoms with Gasteiger partial charge in [0.2, 0.25) is 0 Å². The lowest BCUT2D eigenvalue weighted by Crippen LogP contribution is -2.29. The maximum atomic E-state index is 6.55. The Balaban J connectivity index is 1.15. The zero-order valence-corrected chi connectivity index (χ0v) is 17.8. The second-order valence-corrected chi connectivity index (χ2v) is 9.12. The van der Waals surface area contributed by atoms with Crippen molar-refractivity contribution in [3.63, 3.8) is 0 Å². The minimum atomic E-state index is 0.151. The van der Waals surface area contributed by atoms with E-state index < -0.39 is 0 Å². The Hall–Kier alpha value is -2.24. The van der Waals surface area contributed by atoms with Crippen molar-refractivity contribution >= 4 is 11.0 Å². The molecule has 2 unspecified atom stereocenters. The third-order valence-electron chi connectivity index (χ3n) is 6.65. The number of hydrogen-bond acceptors (Lipinski definition) is 4. The van der Waals surface area contributed by atoms with Gasteiger partial charge in [-0.25, -0.2) is 4.98 Å². The first kappa shape index (κ1) is 19.7. The van der Waals surface area contributed by atoms with Crippen molar-refractivity contribution in [3.8, 4) is 0 Å². The van der Waals surface area contributed by atoms with Crippen LogP contribution in [-0.2, 0) is 19.4 Å². The molecule has 2 atom stereocenters. The van der Waals surface area contributed by atoms with Gasteiger partial charge in [-0.3, -0.25) is 4.98 Å². The number of benzene rings is 1. The molecule has 0 aliphatic heterocycles. The Morgan fingerprint density at radius 2 is 2.03 bits per heavy atom. The van der Waals surface area contributed by atoms with E-state index in [-0.39, 0.29) is 6.04 Å². The topological polar surface area (TPSA) is 68.8 Å². The van der Waals surface area contributed by atoms with E-state index in [1.807, 2.05) is 6.20 Å². The first-order chi connectivity index (χ1) is 14.8. The number of aromatic nitrogens is 3. The molecule has 5 rings (SSSR count). The Bertz CT molecular complexity index is 990. The number of nitrogens with one attached hydrogen (secondary N) is 1. The summed E-state index contributed by atoms with van der Waals surface area (Å²) >= 11 is 0. The third-order valence-corrected chi connectivity index (χ3v) is 6.65. The van der Waals surface area contributed by atoms with Crippen molar-refractivity contribution in [2.45, 2.75) is 70.0 Å². The lowest BCUT2D eigenvalue weighted by atomic mass is 9.92. The molecule has 5 heteroatoms. The second kappa shape index (κ2) is 8.86. The summed E-state index contributed by atoms with van der Waals surface area (Å²) in [5.41, 5.74) is 11.6. The predicted molar refractivity (Wildman–Crippen MR) is 121 cm³/mol. The van der Waals surface area contributed by atoms with Crippen LogP contribution in [-0.4, -0.2) is 27.1 Å². The highest BCUT2D eigenvalue weighted by atomic mass is 15.1. The fourth-order valence-corrected chi connectivity index (χ4v) is 4.83. The summed E-state index contributed by atoms with van der Waals surface area (Å²) in [5.74, 6) is 1.99. The number of pyridine rings is 1. The van der Waals surface area contributed by atoms with Crippen LogP contribution in [0.25, 0.3) is 11.0 Å². The van der Waals surface area contributed by atoms with Crippen LogP contribution >= 0.6 is 0 Å². The summed E-state index contributed by atoms with van der Waals surface area (Å²) in [6.07, 6.45) is 11.2. The van der Waals surface area contributed by atoms with E-state index in [0.717, 1.165) is 56.0 Å². The Morgan fingerprint density at radius 3 is 2.93 bits per heavy atom. The van der Waals surface area contributed by atoms with Crippen LogP contribution in [0.1, 0.15) is 61.6 Å². The van der Waals surface area contributed by atoms with E-state index in [0.29, 0.717) is 6.04 Å². The van der Waals surface area contributed by atoms with E-state index in [1.165, 1.54) is 42.5 Å². The van der Waals surface area contributed by atoms with Crippen molar-refractivity contribution in [1.82, 2.24) is 19.9 Å². The fraction of sp³-hybridized carbons (Fsp3) is 0.520. The van der Waals surface area contributed by atoms with Gasteiger partial charge in [-0.15, -0.1) is 0 Å². The quantitative estimate of drug-likeness (QED) is 0.527. The smallest absolute Gasteiger partial charge is 0.111 e. The first-order valence-corrected chi connectivity index (χ1v) is 11.6. The van der Waals surface area contributed by atoms with Gasteiger partial charge >= 0.3 is 0 Å². The molecule has 1 fully saturated rings. The molecule has 0 spiro atoms. The van der Waals surface area contributed by atoms with E-state index in [2.05, 4.69) is 51.3 Å². The average molecular weight is 404 g/mol. The molecule has 0 bridgehead atoms. The summed E-state index contributed by atoms with van der Waals surface area (Å²) in [6, 6.07) is 13.3. The number of hydrogen-bond donors (Lipinski definition) is 2. The number of rotatable bonds is 9. The molecule has 3 N–H and O–H groups in total. The van der Waals surface area contributed by atoms with Crippen LogP contribution < -0.4 is 11.1 Å². The normalized spacial score (nSPS) is 19.7. The maximum absolute atomic E-state index is 6.55. The standard InChI is InChI=1S/C25H33N5/c26-20(8-5-14-27-22-10-3-6-19-7-4-15-28-25(19)22)16-24-29-21-9-1-2-11-23(21)30(24)17-18-12-13-18/h1-2,4,7,9,11,15,18,20,22,27H,3,5-6,8,10,12-14,16-17,26H2. The van der Waals surface area contributed by atoms with Gasteiger partial charge in [-0.05, 0) is 81.2 Å². The highest BCUT2D eigenvalue weighted by Crippen LogP contribution is 2.32.